The Labute approximate surface area is 168 Å². The van der Waals surface area contributed by atoms with Crippen LogP contribution in [0.25, 0.3) is 0 Å². The number of ether oxygens (including phenoxy) is 3. The van der Waals surface area contributed by atoms with Crippen LogP contribution < -0.4 is 10.0 Å². The van der Waals surface area contributed by atoms with Gasteiger partial charge in [-0.25, -0.2) is 13.1 Å². The van der Waals surface area contributed by atoms with Gasteiger partial charge in [-0.3, -0.25) is 4.99 Å². The molecule has 3 rings (SSSR count). The smallest absolute Gasteiger partial charge is 0.213 e. The fraction of sp³-hybridized carbons (Fsp3) is 0.944. The number of guanidine groups is 1. The van der Waals surface area contributed by atoms with Gasteiger partial charge in [0.25, 0.3) is 0 Å². The predicted molar refractivity (Wildman–Crippen MR) is 107 cm³/mol. The Morgan fingerprint density at radius 3 is 2.61 bits per heavy atom. The average molecular weight is 419 g/mol. The van der Waals surface area contributed by atoms with Gasteiger partial charge in [0, 0.05) is 46.4 Å². The first-order valence-electron chi connectivity index (χ1n) is 10.3. The molecule has 10 heteroatoms. The molecule has 3 unspecified atom stereocenters. The first-order chi connectivity index (χ1) is 13.6. The van der Waals surface area contributed by atoms with E-state index in [2.05, 4.69) is 19.9 Å². The summed E-state index contributed by atoms with van der Waals surface area (Å²) in [4.78, 5) is 6.43. The molecule has 2 N–H and O–H groups in total. The van der Waals surface area contributed by atoms with Crippen LogP contribution in [0.3, 0.4) is 0 Å². The molecule has 0 saturated carbocycles. The van der Waals surface area contributed by atoms with E-state index in [9.17, 15) is 8.42 Å². The highest BCUT2D eigenvalue weighted by molar-refractivity contribution is 7.89. The van der Waals surface area contributed by atoms with E-state index in [1.165, 1.54) is 0 Å². The third-order valence-corrected chi connectivity index (χ3v) is 6.79. The van der Waals surface area contributed by atoms with Gasteiger partial charge in [-0.1, -0.05) is 0 Å². The Morgan fingerprint density at radius 2 is 1.89 bits per heavy atom. The number of rotatable bonds is 7. The van der Waals surface area contributed by atoms with Crippen molar-refractivity contribution in [2.75, 3.05) is 58.8 Å². The van der Waals surface area contributed by atoms with Crippen molar-refractivity contribution in [1.82, 2.24) is 14.9 Å². The number of aliphatic imine (C=N–C) groups is 1. The third kappa shape index (κ3) is 6.55. The monoisotopic (exact) mass is 418 g/mol. The molecular formula is C18H34N4O5S. The van der Waals surface area contributed by atoms with Crippen LogP contribution in [0.5, 0.6) is 0 Å². The molecule has 3 aliphatic heterocycles. The Balaban J connectivity index is 1.40. The zero-order chi connectivity index (χ0) is 19.8. The van der Waals surface area contributed by atoms with Crippen LogP contribution in [0.1, 0.15) is 32.1 Å². The number of morpholine rings is 1. The molecule has 3 fully saturated rings. The van der Waals surface area contributed by atoms with Crippen LogP contribution in [0.4, 0.5) is 0 Å². The number of nitrogens with zero attached hydrogens (tertiary/aromatic N) is 2. The molecule has 0 bridgehead atoms. The first-order valence-corrected chi connectivity index (χ1v) is 12.0. The van der Waals surface area contributed by atoms with Crippen LogP contribution in [0.15, 0.2) is 4.99 Å². The van der Waals surface area contributed by atoms with E-state index in [-0.39, 0.29) is 24.1 Å². The molecular weight excluding hydrogens is 384 g/mol. The van der Waals surface area contributed by atoms with Crippen molar-refractivity contribution in [3.63, 3.8) is 0 Å². The van der Waals surface area contributed by atoms with Gasteiger partial charge >= 0.3 is 0 Å². The van der Waals surface area contributed by atoms with Crippen LogP contribution in [0.2, 0.25) is 0 Å². The van der Waals surface area contributed by atoms with Crippen molar-refractivity contribution in [1.29, 1.82) is 0 Å². The largest absolute Gasteiger partial charge is 0.377 e. The minimum Gasteiger partial charge on any atom is -0.377 e. The Hall–Kier alpha value is -0.940. The maximum atomic E-state index is 12.2. The first kappa shape index (κ1) is 21.8. The molecule has 162 valence electrons. The molecule has 3 heterocycles. The van der Waals surface area contributed by atoms with Crippen LogP contribution in [0, 0.1) is 0 Å². The second kappa shape index (κ2) is 10.7. The fourth-order valence-electron chi connectivity index (χ4n) is 3.88. The van der Waals surface area contributed by atoms with Gasteiger partial charge < -0.3 is 24.4 Å². The summed E-state index contributed by atoms with van der Waals surface area (Å²) in [5, 5.41) is 3.17. The maximum absolute atomic E-state index is 12.2. The zero-order valence-electron chi connectivity index (χ0n) is 16.8. The molecule has 28 heavy (non-hydrogen) atoms. The number of hydrogen-bond donors (Lipinski definition) is 2. The van der Waals surface area contributed by atoms with Gasteiger partial charge in [-0.2, -0.15) is 0 Å². The Kier molecular flexibility index (Phi) is 8.34. The highest BCUT2D eigenvalue weighted by atomic mass is 32.2. The molecule has 3 aliphatic rings. The maximum Gasteiger partial charge on any atom is 0.213 e. The SMILES string of the molecule is CN=C(NCCS(=O)(=O)NCC1CCCCO1)N1CCOC(C2CCCO2)C1. The summed E-state index contributed by atoms with van der Waals surface area (Å²) in [6.45, 7) is 4.22. The van der Waals surface area contributed by atoms with Crippen LogP contribution >= 0.6 is 0 Å². The number of sulfonamides is 1. The van der Waals surface area contributed by atoms with Crippen molar-refractivity contribution in [2.24, 2.45) is 4.99 Å². The summed E-state index contributed by atoms with van der Waals surface area (Å²) in [6.07, 6.45) is 5.35. The zero-order valence-corrected chi connectivity index (χ0v) is 17.6. The lowest BCUT2D eigenvalue weighted by atomic mass is 10.1. The van der Waals surface area contributed by atoms with E-state index in [4.69, 9.17) is 14.2 Å². The summed E-state index contributed by atoms with van der Waals surface area (Å²) < 4.78 is 44.3. The van der Waals surface area contributed by atoms with Gasteiger partial charge in [-0.05, 0) is 32.1 Å². The van der Waals surface area contributed by atoms with E-state index < -0.39 is 10.0 Å². The molecule has 0 spiro atoms. The van der Waals surface area contributed by atoms with E-state index in [1.54, 1.807) is 7.05 Å². The standard InChI is InChI=1S/C18H34N4O5S/c1-19-18(22-8-11-27-17(14-22)16-6-4-10-26-16)20-7-12-28(23,24)21-13-15-5-2-3-9-25-15/h15-17,21H,2-14H2,1H3,(H,19,20). The van der Waals surface area contributed by atoms with Crippen molar-refractivity contribution < 1.29 is 22.6 Å². The van der Waals surface area contributed by atoms with Crippen molar-refractivity contribution in [3.05, 3.63) is 0 Å². The average Bonchev–Trinajstić information content (AvgIpc) is 3.26. The number of hydrogen-bond acceptors (Lipinski definition) is 6. The molecule has 0 aromatic carbocycles. The van der Waals surface area contributed by atoms with Gasteiger partial charge in [0.05, 0.1) is 24.6 Å². The van der Waals surface area contributed by atoms with Crippen molar-refractivity contribution in [3.8, 4) is 0 Å². The molecule has 3 saturated heterocycles. The highest BCUT2D eigenvalue weighted by Crippen LogP contribution is 2.21. The lowest BCUT2D eigenvalue weighted by molar-refractivity contribution is -0.0816. The molecule has 0 aliphatic carbocycles. The number of nitrogens with one attached hydrogen (secondary N) is 2. The fourth-order valence-corrected chi connectivity index (χ4v) is 4.83. The quantitative estimate of drug-likeness (QED) is 0.441. The molecule has 9 nitrogen and oxygen atoms in total. The lowest BCUT2D eigenvalue weighted by Crippen LogP contribution is -2.54. The second-order valence-electron chi connectivity index (χ2n) is 7.54. The van der Waals surface area contributed by atoms with Crippen molar-refractivity contribution in [2.45, 2.75) is 50.4 Å². The molecule has 0 radical (unpaired) electrons. The normalized spacial score (nSPS) is 29.8. The summed E-state index contributed by atoms with van der Waals surface area (Å²) >= 11 is 0. The molecule has 0 amide bonds. The Morgan fingerprint density at radius 1 is 1.07 bits per heavy atom. The van der Waals surface area contributed by atoms with Gasteiger partial charge in [-0.15, -0.1) is 0 Å². The Bertz CT molecular complexity index is 603. The van der Waals surface area contributed by atoms with E-state index in [0.29, 0.717) is 32.2 Å². The molecule has 3 atom stereocenters. The summed E-state index contributed by atoms with van der Waals surface area (Å²) in [6, 6.07) is 0. The van der Waals surface area contributed by atoms with E-state index in [0.717, 1.165) is 51.9 Å². The topological polar surface area (TPSA) is 101 Å². The predicted octanol–water partition coefficient (Wildman–Crippen LogP) is -0.0699. The lowest BCUT2D eigenvalue weighted by Gasteiger charge is -2.37. The van der Waals surface area contributed by atoms with Crippen LogP contribution in [-0.4, -0.2) is 96.4 Å². The second-order valence-corrected chi connectivity index (χ2v) is 9.46. The van der Waals surface area contributed by atoms with E-state index in [1.807, 2.05) is 0 Å². The van der Waals surface area contributed by atoms with E-state index >= 15 is 0 Å². The summed E-state index contributed by atoms with van der Waals surface area (Å²) in [5.41, 5.74) is 0. The van der Waals surface area contributed by atoms with Gasteiger partial charge in [0.2, 0.25) is 10.0 Å². The highest BCUT2D eigenvalue weighted by Gasteiger charge is 2.32. The molecule has 0 aromatic heterocycles. The molecule has 0 aromatic rings. The summed E-state index contributed by atoms with van der Waals surface area (Å²) in [7, 11) is -1.64. The van der Waals surface area contributed by atoms with Gasteiger partial charge in [0.1, 0.15) is 6.10 Å². The minimum absolute atomic E-state index is 0.00174. The van der Waals surface area contributed by atoms with Crippen molar-refractivity contribution >= 4 is 16.0 Å². The third-order valence-electron chi connectivity index (χ3n) is 5.44. The minimum atomic E-state index is -3.35. The van der Waals surface area contributed by atoms with Gasteiger partial charge in [0.15, 0.2) is 5.96 Å². The van der Waals surface area contributed by atoms with Crippen LogP contribution in [-0.2, 0) is 24.2 Å². The summed E-state index contributed by atoms with van der Waals surface area (Å²) in [5.74, 6) is 0.704.